The summed E-state index contributed by atoms with van der Waals surface area (Å²) in [5.74, 6) is 0.756. The highest BCUT2D eigenvalue weighted by atomic mass is 35.5. The fourth-order valence-electron chi connectivity index (χ4n) is 2.65. The summed E-state index contributed by atoms with van der Waals surface area (Å²) in [6.07, 6.45) is 5.63. The van der Waals surface area contributed by atoms with E-state index in [1.807, 2.05) is 13.0 Å². The molecule has 8 heteroatoms. The molecular weight excluding hydrogens is 355 g/mol. The number of para-hydroxylation sites is 1. The number of hydrogen-bond acceptors (Lipinski definition) is 5. The zero-order valence-corrected chi connectivity index (χ0v) is 14.6. The van der Waals surface area contributed by atoms with Crippen LogP contribution in [0.2, 0.25) is 5.02 Å². The maximum atomic E-state index is 14.2. The molecule has 0 aliphatic heterocycles. The lowest BCUT2D eigenvalue weighted by Gasteiger charge is -2.06. The van der Waals surface area contributed by atoms with Crippen molar-refractivity contribution >= 4 is 34.1 Å². The molecule has 0 atom stereocenters. The lowest BCUT2D eigenvalue weighted by atomic mass is 10.3. The van der Waals surface area contributed by atoms with E-state index in [-0.39, 0.29) is 10.7 Å². The molecule has 0 saturated heterocycles. The largest absolute Gasteiger partial charge is 0.324 e. The number of anilines is 2. The van der Waals surface area contributed by atoms with Crippen molar-refractivity contribution in [1.29, 1.82) is 0 Å². The average molecular weight is 369 g/mol. The minimum atomic E-state index is -0.448. The van der Waals surface area contributed by atoms with Crippen LogP contribution in [-0.2, 0) is 6.42 Å². The quantitative estimate of drug-likeness (QED) is 0.581. The van der Waals surface area contributed by atoms with Crippen molar-refractivity contribution < 1.29 is 4.39 Å². The first-order valence-electron chi connectivity index (χ1n) is 8.02. The zero-order chi connectivity index (χ0) is 18.1. The van der Waals surface area contributed by atoms with Crippen LogP contribution in [0, 0.1) is 5.82 Å². The maximum Gasteiger partial charge on any atom is 0.150 e. The molecule has 0 unspecified atom stereocenters. The number of fused-ring (bicyclic) bond motifs is 1. The molecular formula is C18H14ClFN6. The van der Waals surface area contributed by atoms with Crippen LogP contribution in [0.4, 0.5) is 16.0 Å². The summed E-state index contributed by atoms with van der Waals surface area (Å²) in [4.78, 5) is 12.8. The van der Waals surface area contributed by atoms with E-state index in [2.05, 4.69) is 25.4 Å². The molecule has 26 heavy (non-hydrogen) atoms. The molecule has 3 aromatic heterocycles. The molecule has 4 aromatic rings. The molecule has 3 heterocycles. The van der Waals surface area contributed by atoms with Crippen molar-refractivity contribution in [2.24, 2.45) is 0 Å². The fourth-order valence-corrected chi connectivity index (χ4v) is 2.90. The minimum absolute atomic E-state index is 0.201. The Morgan fingerprint density at radius 1 is 1.19 bits per heavy atom. The third kappa shape index (κ3) is 2.97. The lowest BCUT2D eigenvalue weighted by Crippen LogP contribution is -1.99. The number of rotatable bonds is 4. The minimum Gasteiger partial charge on any atom is -0.324 e. The molecule has 0 radical (unpaired) electrons. The van der Waals surface area contributed by atoms with E-state index in [0.29, 0.717) is 17.2 Å². The first-order valence-corrected chi connectivity index (χ1v) is 8.40. The van der Waals surface area contributed by atoms with Gasteiger partial charge in [0, 0.05) is 24.2 Å². The SMILES string of the molecule is CCc1cc(Nc2nccc3nn(-c4c(F)cccc4Cl)cc23)ncn1. The first kappa shape index (κ1) is 16.4. The van der Waals surface area contributed by atoms with Crippen molar-refractivity contribution in [3.05, 3.63) is 65.6 Å². The van der Waals surface area contributed by atoms with Crippen LogP contribution in [0.15, 0.2) is 49.1 Å². The second-order valence-electron chi connectivity index (χ2n) is 5.61. The molecule has 0 bridgehead atoms. The van der Waals surface area contributed by atoms with Crippen LogP contribution in [-0.4, -0.2) is 24.7 Å². The second-order valence-corrected chi connectivity index (χ2v) is 6.02. The van der Waals surface area contributed by atoms with Gasteiger partial charge in [0.1, 0.15) is 29.5 Å². The van der Waals surface area contributed by atoms with E-state index in [9.17, 15) is 4.39 Å². The number of halogens is 2. The summed E-state index contributed by atoms with van der Waals surface area (Å²) in [7, 11) is 0. The van der Waals surface area contributed by atoms with Gasteiger partial charge >= 0.3 is 0 Å². The summed E-state index contributed by atoms with van der Waals surface area (Å²) in [6, 6.07) is 8.14. The van der Waals surface area contributed by atoms with Crippen molar-refractivity contribution in [1.82, 2.24) is 24.7 Å². The number of aromatic nitrogens is 5. The van der Waals surface area contributed by atoms with Gasteiger partial charge in [-0.3, -0.25) is 0 Å². The van der Waals surface area contributed by atoms with Gasteiger partial charge in [-0.2, -0.15) is 5.10 Å². The molecule has 4 rings (SSSR count). The predicted octanol–water partition coefficient (Wildman–Crippen LogP) is 4.31. The Hall–Kier alpha value is -3.06. The molecule has 0 aliphatic rings. The highest BCUT2D eigenvalue weighted by Gasteiger charge is 2.14. The summed E-state index contributed by atoms with van der Waals surface area (Å²) >= 11 is 6.15. The highest BCUT2D eigenvalue weighted by molar-refractivity contribution is 6.32. The van der Waals surface area contributed by atoms with E-state index in [1.54, 1.807) is 30.6 Å². The molecule has 0 aliphatic carbocycles. The van der Waals surface area contributed by atoms with Crippen molar-refractivity contribution in [3.63, 3.8) is 0 Å². The Morgan fingerprint density at radius 3 is 2.88 bits per heavy atom. The van der Waals surface area contributed by atoms with E-state index in [4.69, 9.17) is 11.6 Å². The number of benzene rings is 1. The average Bonchev–Trinajstić information content (AvgIpc) is 3.06. The Kier molecular flexibility index (Phi) is 4.22. The van der Waals surface area contributed by atoms with Gasteiger partial charge in [0.15, 0.2) is 0 Å². The number of aryl methyl sites for hydroxylation is 1. The van der Waals surface area contributed by atoms with Gasteiger partial charge in [-0.25, -0.2) is 24.0 Å². The van der Waals surface area contributed by atoms with Crippen LogP contribution in [0.25, 0.3) is 16.6 Å². The van der Waals surface area contributed by atoms with Crippen molar-refractivity contribution in [2.75, 3.05) is 5.32 Å². The topological polar surface area (TPSA) is 68.5 Å². The summed E-state index contributed by atoms with van der Waals surface area (Å²) < 4.78 is 15.6. The molecule has 0 fully saturated rings. The molecule has 0 saturated carbocycles. The van der Waals surface area contributed by atoms with Gasteiger partial charge in [-0.15, -0.1) is 0 Å². The predicted molar refractivity (Wildman–Crippen MR) is 98.5 cm³/mol. The Labute approximate surface area is 153 Å². The number of pyridine rings is 1. The normalized spacial score (nSPS) is 11.0. The van der Waals surface area contributed by atoms with Crippen LogP contribution in [0.5, 0.6) is 0 Å². The van der Waals surface area contributed by atoms with E-state index in [1.165, 1.54) is 17.1 Å². The molecule has 0 amide bonds. The van der Waals surface area contributed by atoms with Crippen molar-refractivity contribution in [3.8, 4) is 5.69 Å². The highest BCUT2D eigenvalue weighted by Crippen LogP contribution is 2.28. The van der Waals surface area contributed by atoms with E-state index < -0.39 is 5.82 Å². The van der Waals surface area contributed by atoms with Gasteiger partial charge in [-0.05, 0) is 24.6 Å². The Bertz CT molecular complexity index is 1070. The smallest absolute Gasteiger partial charge is 0.150 e. The molecule has 1 N–H and O–H groups in total. The molecule has 6 nitrogen and oxygen atoms in total. The zero-order valence-electron chi connectivity index (χ0n) is 13.8. The summed E-state index contributed by atoms with van der Waals surface area (Å²) in [5, 5.41) is 8.60. The van der Waals surface area contributed by atoms with E-state index >= 15 is 0 Å². The number of hydrogen-bond donors (Lipinski definition) is 1. The van der Waals surface area contributed by atoms with Crippen LogP contribution < -0.4 is 5.32 Å². The molecule has 0 spiro atoms. The number of nitrogens with zero attached hydrogens (tertiary/aromatic N) is 5. The van der Waals surface area contributed by atoms with Gasteiger partial charge in [0.2, 0.25) is 0 Å². The Balaban J connectivity index is 1.79. The molecule has 130 valence electrons. The monoisotopic (exact) mass is 368 g/mol. The van der Waals surface area contributed by atoms with E-state index in [0.717, 1.165) is 17.5 Å². The maximum absolute atomic E-state index is 14.2. The lowest BCUT2D eigenvalue weighted by molar-refractivity contribution is 0.612. The number of nitrogens with one attached hydrogen (secondary N) is 1. The van der Waals surface area contributed by atoms with Crippen molar-refractivity contribution in [2.45, 2.75) is 13.3 Å². The van der Waals surface area contributed by atoms with Crippen LogP contribution in [0.3, 0.4) is 0 Å². The molecule has 1 aromatic carbocycles. The van der Waals surface area contributed by atoms with Gasteiger partial charge in [-0.1, -0.05) is 24.6 Å². The van der Waals surface area contributed by atoms with Gasteiger partial charge in [0.05, 0.1) is 15.9 Å². The standard InChI is InChI=1S/C18H14ClFN6/c1-2-11-8-16(23-10-22-11)24-18-12-9-26(25-15(12)6-7-21-18)17-13(19)4-3-5-14(17)20/h3-10H,2H2,1H3,(H,21,22,23,24). The van der Waals surface area contributed by atoms with Gasteiger partial charge < -0.3 is 5.32 Å². The van der Waals surface area contributed by atoms with Crippen LogP contribution >= 0.6 is 11.6 Å². The first-order chi connectivity index (χ1) is 12.7. The fraction of sp³-hybridized carbons (Fsp3) is 0.111. The Morgan fingerprint density at radius 2 is 2.08 bits per heavy atom. The van der Waals surface area contributed by atoms with Crippen LogP contribution in [0.1, 0.15) is 12.6 Å². The summed E-state index contributed by atoms with van der Waals surface area (Å²) in [5.41, 5.74) is 1.78. The van der Waals surface area contributed by atoms with Gasteiger partial charge in [0.25, 0.3) is 0 Å². The summed E-state index contributed by atoms with van der Waals surface area (Å²) in [6.45, 7) is 2.02. The third-order valence-electron chi connectivity index (χ3n) is 3.93. The third-order valence-corrected chi connectivity index (χ3v) is 4.24. The second kappa shape index (κ2) is 6.68.